The SMILES string of the molecule is N#C/C(=C\c1cc2c(cc1Cl)OCO2)C(=O)Nc1ccc(Cl)c(Cl)c1. The van der Waals surface area contributed by atoms with Gasteiger partial charge in [-0.15, -0.1) is 0 Å². The molecule has 5 nitrogen and oxygen atoms in total. The van der Waals surface area contributed by atoms with Crippen LogP contribution in [0.4, 0.5) is 5.69 Å². The van der Waals surface area contributed by atoms with Gasteiger partial charge in [-0.3, -0.25) is 4.79 Å². The molecule has 0 radical (unpaired) electrons. The average Bonchev–Trinajstić information content (AvgIpc) is 3.02. The molecule has 1 amide bonds. The summed E-state index contributed by atoms with van der Waals surface area (Å²) in [5, 5.41) is 12.9. The molecule has 0 unspecified atom stereocenters. The largest absolute Gasteiger partial charge is 0.454 e. The van der Waals surface area contributed by atoms with Crippen LogP contribution in [0.15, 0.2) is 35.9 Å². The van der Waals surface area contributed by atoms with Crippen LogP contribution in [0, 0.1) is 11.3 Å². The predicted octanol–water partition coefficient (Wildman–Crippen LogP) is 4.92. The van der Waals surface area contributed by atoms with Crippen molar-refractivity contribution in [2.75, 3.05) is 12.1 Å². The Hall–Kier alpha value is -2.39. The maximum Gasteiger partial charge on any atom is 0.266 e. The van der Waals surface area contributed by atoms with E-state index < -0.39 is 5.91 Å². The Morgan fingerprint density at radius 3 is 2.48 bits per heavy atom. The molecule has 0 aliphatic carbocycles. The molecule has 0 atom stereocenters. The van der Waals surface area contributed by atoms with Gasteiger partial charge in [-0.25, -0.2) is 0 Å². The normalized spacial score (nSPS) is 12.6. The molecule has 0 fully saturated rings. The zero-order valence-electron chi connectivity index (χ0n) is 12.5. The molecule has 8 heteroatoms. The van der Waals surface area contributed by atoms with E-state index in [2.05, 4.69) is 5.32 Å². The molecule has 126 valence electrons. The van der Waals surface area contributed by atoms with E-state index in [9.17, 15) is 10.1 Å². The first-order valence-electron chi connectivity index (χ1n) is 6.95. The van der Waals surface area contributed by atoms with Crippen molar-refractivity contribution >= 4 is 52.5 Å². The second-order valence-corrected chi connectivity index (χ2v) is 6.20. The van der Waals surface area contributed by atoms with E-state index in [1.165, 1.54) is 12.1 Å². The van der Waals surface area contributed by atoms with Gasteiger partial charge < -0.3 is 14.8 Å². The van der Waals surface area contributed by atoms with Gasteiger partial charge in [-0.1, -0.05) is 34.8 Å². The second-order valence-electron chi connectivity index (χ2n) is 4.98. The number of fused-ring (bicyclic) bond motifs is 1. The number of halogens is 3. The van der Waals surface area contributed by atoms with Gasteiger partial charge in [-0.05, 0) is 35.9 Å². The van der Waals surface area contributed by atoms with Crippen molar-refractivity contribution in [3.8, 4) is 17.6 Å². The number of amides is 1. The molecule has 0 aromatic heterocycles. The number of carbonyl (C=O) groups excluding carboxylic acids is 1. The van der Waals surface area contributed by atoms with Crippen LogP contribution in [0.25, 0.3) is 6.08 Å². The Morgan fingerprint density at radius 1 is 1.08 bits per heavy atom. The van der Waals surface area contributed by atoms with Gasteiger partial charge in [0.25, 0.3) is 5.91 Å². The molecule has 2 aromatic rings. The minimum Gasteiger partial charge on any atom is -0.454 e. The van der Waals surface area contributed by atoms with Crippen LogP contribution >= 0.6 is 34.8 Å². The monoisotopic (exact) mass is 394 g/mol. The number of nitrogens with zero attached hydrogens (tertiary/aromatic N) is 1. The highest BCUT2D eigenvalue weighted by molar-refractivity contribution is 6.42. The third-order valence-electron chi connectivity index (χ3n) is 3.33. The molecule has 0 bridgehead atoms. The second kappa shape index (κ2) is 7.24. The highest BCUT2D eigenvalue weighted by atomic mass is 35.5. The first-order chi connectivity index (χ1) is 12.0. The quantitative estimate of drug-likeness (QED) is 0.591. The number of carbonyl (C=O) groups is 1. The topological polar surface area (TPSA) is 71.3 Å². The van der Waals surface area contributed by atoms with Crippen molar-refractivity contribution in [1.82, 2.24) is 0 Å². The summed E-state index contributed by atoms with van der Waals surface area (Å²) >= 11 is 17.9. The van der Waals surface area contributed by atoms with Gasteiger partial charge >= 0.3 is 0 Å². The number of ether oxygens (including phenoxy) is 2. The van der Waals surface area contributed by atoms with E-state index in [1.54, 1.807) is 24.3 Å². The van der Waals surface area contributed by atoms with Crippen LogP contribution in [0.2, 0.25) is 15.1 Å². The number of rotatable bonds is 3. The molecule has 0 saturated carbocycles. The Labute approximate surface area is 158 Å². The van der Waals surface area contributed by atoms with Crippen molar-refractivity contribution < 1.29 is 14.3 Å². The first-order valence-corrected chi connectivity index (χ1v) is 8.08. The van der Waals surface area contributed by atoms with Crippen LogP contribution in [-0.2, 0) is 4.79 Å². The Bertz CT molecular complexity index is 935. The maximum atomic E-state index is 12.3. The van der Waals surface area contributed by atoms with Crippen LogP contribution in [-0.4, -0.2) is 12.7 Å². The summed E-state index contributed by atoms with van der Waals surface area (Å²) in [5.74, 6) is 0.411. The zero-order valence-corrected chi connectivity index (χ0v) is 14.7. The predicted molar refractivity (Wildman–Crippen MR) is 96.3 cm³/mol. The number of anilines is 1. The average molecular weight is 396 g/mol. The minimum atomic E-state index is -0.602. The molecular formula is C17H9Cl3N2O3. The summed E-state index contributed by atoms with van der Waals surface area (Å²) in [6, 6.07) is 9.64. The summed E-state index contributed by atoms with van der Waals surface area (Å²) < 4.78 is 10.5. The fourth-order valence-electron chi connectivity index (χ4n) is 2.12. The smallest absolute Gasteiger partial charge is 0.266 e. The summed E-state index contributed by atoms with van der Waals surface area (Å²) in [4.78, 5) is 12.3. The van der Waals surface area contributed by atoms with Crippen molar-refractivity contribution in [3.05, 3.63) is 56.5 Å². The summed E-state index contributed by atoms with van der Waals surface area (Å²) in [6.45, 7) is 0.0990. The highest BCUT2D eigenvalue weighted by Gasteiger charge is 2.17. The molecule has 1 aliphatic heterocycles. The molecule has 3 rings (SSSR count). The highest BCUT2D eigenvalue weighted by Crippen LogP contribution is 2.37. The zero-order chi connectivity index (χ0) is 18.0. The Balaban J connectivity index is 1.86. The molecule has 0 saturated heterocycles. The lowest BCUT2D eigenvalue weighted by Crippen LogP contribution is -2.13. The van der Waals surface area contributed by atoms with E-state index in [-0.39, 0.29) is 12.4 Å². The molecule has 1 N–H and O–H groups in total. The van der Waals surface area contributed by atoms with Gasteiger partial charge in [0.15, 0.2) is 11.5 Å². The molecular weight excluding hydrogens is 387 g/mol. The lowest BCUT2D eigenvalue weighted by Gasteiger charge is -2.06. The van der Waals surface area contributed by atoms with Gasteiger partial charge in [0.2, 0.25) is 6.79 Å². The van der Waals surface area contributed by atoms with E-state index in [0.717, 1.165) is 0 Å². The lowest BCUT2D eigenvalue weighted by molar-refractivity contribution is -0.112. The van der Waals surface area contributed by atoms with E-state index in [4.69, 9.17) is 44.3 Å². The van der Waals surface area contributed by atoms with Crippen LogP contribution in [0.5, 0.6) is 11.5 Å². The van der Waals surface area contributed by atoms with Gasteiger partial charge in [0.1, 0.15) is 11.6 Å². The van der Waals surface area contributed by atoms with Gasteiger partial charge in [0, 0.05) is 11.8 Å². The molecule has 1 heterocycles. The van der Waals surface area contributed by atoms with Crippen LogP contribution < -0.4 is 14.8 Å². The number of hydrogen-bond acceptors (Lipinski definition) is 4. The first kappa shape index (κ1) is 17.4. The van der Waals surface area contributed by atoms with Crippen molar-refractivity contribution in [1.29, 1.82) is 5.26 Å². The third kappa shape index (κ3) is 3.83. The number of benzene rings is 2. The summed E-state index contributed by atoms with van der Waals surface area (Å²) in [6.07, 6.45) is 1.37. The summed E-state index contributed by atoms with van der Waals surface area (Å²) in [7, 11) is 0. The fraction of sp³-hybridized carbons (Fsp3) is 0.0588. The lowest BCUT2D eigenvalue weighted by atomic mass is 10.1. The van der Waals surface area contributed by atoms with Crippen LogP contribution in [0.3, 0.4) is 0 Å². The van der Waals surface area contributed by atoms with Crippen molar-refractivity contribution in [2.45, 2.75) is 0 Å². The molecule has 0 spiro atoms. The Kier molecular flexibility index (Phi) is 5.05. The van der Waals surface area contributed by atoms with Crippen LogP contribution in [0.1, 0.15) is 5.56 Å². The number of nitriles is 1. The van der Waals surface area contributed by atoms with Gasteiger partial charge in [-0.2, -0.15) is 5.26 Å². The Morgan fingerprint density at radius 2 is 1.80 bits per heavy atom. The third-order valence-corrected chi connectivity index (χ3v) is 4.40. The summed E-state index contributed by atoms with van der Waals surface area (Å²) in [5.41, 5.74) is 0.746. The van der Waals surface area contributed by atoms with E-state index in [1.807, 2.05) is 6.07 Å². The number of nitrogens with one attached hydrogen (secondary N) is 1. The molecule has 25 heavy (non-hydrogen) atoms. The molecule has 2 aromatic carbocycles. The number of hydrogen-bond donors (Lipinski definition) is 1. The van der Waals surface area contributed by atoms with E-state index in [0.29, 0.717) is 37.8 Å². The molecule has 1 aliphatic rings. The standard InChI is InChI=1S/C17H9Cl3N2O3/c18-12-2-1-11(5-14(12)20)22-17(23)10(7-21)3-9-4-15-16(6-13(9)19)25-8-24-15/h1-6H,8H2,(H,22,23)/b10-3+. The van der Waals surface area contributed by atoms with Gasteiger partial charge in [0.05, 0.1) is 15.1 Å². The van der Waals surface area contributed by atoms with E-state index >= 15 is 0 Å². The van der Waals surface area contributed by atoms with Crippen molar-refractivity contribution in [3.63, 3.8) is 0 Å². The van der Waals surface area contributed by atoms with Crippen molar-refractivity contribution in [2.24, 2.45) is 0 Å². The minimum absolute atomic E-state index is 0.0990. The maximum absolute atomic E-state index is 12.3. The fourth-order valence-corrected chi connectivity index (χ4v) is 2.63.